The van der Waals surface area contributed by atoms with E-state index in [1.54, 1.807) is 6.07 Å². The topological polar surface area (TPSA) is 83.6 Å². The minimum absolute atomic E-state index is 0.224. The number of aromatic nitrogens is 4. The van der Waals surface area contributed by atoms with Gasteiger partial charge in [0, 0.05) is 28.9 Å². The van der Waals surface area contributed by atoms with Crippen molar-refractivity contribution >= 4 is 11.5 Å². The van der Waals surface area contributed by atoms with Crippen LogP contribution in [-0.4, -0.2) is 20.2 Å². The van der Waals surface area contributed by atoms with E-state index in [1.807, 2.05) is 37.3 Å². The minimum Gasteiger partial charge on any atom is -0.340 e. The van der Waals surface area contributed by atoms with Gasteiger partial charge in [0.05, 0.1) is 11.4 Å². The zero-order valence-corrected chi connectivity index (χ0v) is 15.6. The second-order valence-corrected chi connectivity index (χ2v) is 6.56. The molecule has 4 aromatic rings. The van der Waals surface area contributed by atoms with Crippen LogP contribution in [0.1, 0.15) is 11.4 Å². The summed E-state index contributed by atoms with van der Waals surface area (Å²) in [5.74, 6) is 1.41. The number of rotatable bonds is 4. The first-order valence-electron chi connectivity index (χ1n) is 8.93. The molecule has 0 atom stereocenters. The van der Waals surface area contributed by atoms with Crippen molar-refractivity contribution in [3.8, 4) is 22.5 Å². The number of anilines is 2. The molecule has 0 fully saturated rings. The first-order chi connectivity index (χ1) is 13.6. The molecular weight excluding hydrogens is 350 g/mol. The van der Waals surface area contributed by atoms with E-state index in [4.69, 9.17) is 0 Å². The van der Waals surface area contributed by atoms with Gasteiger partial charge in [-0.2, -0.15) is 5.10 Å². The third-order valence-electron chi connectivity index (χ3n) is 4.30. The van der Waals surface area contributed by atoms with Crippen LogP contribution in [0.2, 0.25) is 0 Å². The van der Waals surface area contributed by atoms with Gasteiger partial charge >= 0.3 is 0 Å². The molecule has 0 saturated carbocycles. The lowest BCUT2D eigenvalue weighted by atomic mass is 10.1. The predicted molar refractivity (Wildman–Crippen MR) is 111 cm³/mol. The van der Waals surface area contributed by atoms with Gasteiger partial charge in [-0.15, -0.1) is 0 Å². The Balaban J connectivity index is 1.64. The monoisotopic (exact) mass is 369 g/mol. The molecule has 0 spiro atoms. The molecular formula is C22H19N5O. The molecule has 0 aliphatic heterocycles. The number of nitrogens with one attached hydrogen (secondary N) is 2. The quantitative estimate of drug-likeness (QED) is 0.562. The van der Waals surface area contributed by atoms with Crippen molar-refractivity contribution in [3.05, 3.63) is 88.5 Å². The molecule has 0 saturated heterocycles. The molecule has 0 bridgehead atoms. The number of hydrogen-bond acceptors (Lipinski definition) is 5. The lowest BCUT2D eigenvalue weighted by Crippen LogP contribution is -2.05. The van der Waals surface area contributed by atoms with Gasteiger partial charge in [-0.05, 0) is 32.0 Å². The Morgan fingerprint density at radius 1 is 0.821 bits per heavy atom. The molecule has 138 valence electrons. The molecule has 2 N–H and O–H groups in total. The third-order valence-corrected chi connectivity index (χ3v) is 4.30. The van der Waals surface area contributed by atoms with Crippen LogP contribution in [0.15, 0.2) is 71.5 Å². The van der Waals surface area contributed by atoms with Crippen molar-refractivity contribution < 1.29 is 0 Å². The highest BCUT2D eigenvalue weighted by atomic mass is 16.1. The highest BCUT2D eigenvalue weighted by molar-refractivity contribution is 5.69. The second kappa shape index (κ2) is 7.44. The van der Waals surface area contributed by atoms with E-state index in [1.165, 1.54) is 11.6 Å². The van der Waals surface area contributed by atoms with E-state index in [2.05, 4.69) is 56.7 Å². The van der Waals surface area contributed by atoms with Crippen LogP contribution in [-0.2, 0) is 0 Å². The maximum atomic E-state index is 11.2. The van der Waals surface area contributed by atoms with Crippen molar-refractivity contribution in [2.24, 2.45) is 0 Å². The molecule has 0 aliphatic rings. The SMILES string of the molecule is Cc1ccc(-c2cc(Nc3cccc(-c4ccc(=O)[nH]n4)c3)nc(C)n2)cc1. The van der Waals surface area contributed by atoms with Crippen LogP contribution in [0.5, 0.6) is 0 Å². The van der Waals surface area contributed by atoms with E-state index in [-0.39, 0.29) is 5.56 Å². The number of aryl methyl sites for hydroxylation is 2. The van der Waals surface area contributed by atoms with Crippen LogP contribution in [0.3, 0.4) is 0 Å². The van der Waals surface area contributed by atoms with Crippen LogP contribution < -0.4 is 10.9 Å². The highest BCUT2D eigenvalue weighted by Gasteiger charge is 2.06. The van der Waals surface area contributed by atoms with Crippen molar-refractivity contribution in [1.82, 2.24) is 20.2 Å². The summed E-state index contributed by atoms with van der Waals surface area (Å²) >= 11 is 0. The Morgan fingerprint density at radius 2 is 1.64 bits per heavy atom. The Bertz CT molecular complexity index is 1160. The summed E-state index contributed by atoms with van der Waals surface area (Å²) in [7, 11) is 0. The first-order valence-corrected chi connectivity index (χ1v) is 8.93. The fourth-order valence-corrected chi connectivity index (χ4v) is 2.91. The average Bonchev–Trinajstić information content (AvgIpc) is 2.69. The number of hydrogen-bond donors (Lipinski definition) is 2. The predicted octanol–water partition coefficient (Wildman–Crippen LogP) is 4.25. The third kappa shape index (κ3) is 3.96. The smallest absolute Gasteiger partial charge is 0.264 e. The minimum atomic E-state index is -0.224. The standard InChI is InChI=1S/C22H19N5O/c1-14-6-8-16(9-7-14)20-13-21(24-15(2)23-20)25-18-5-3-4-17(12-18)19-10-11-22(28)27-26-19/h3-13H,1-2H3,(H,27,28)(H,23,24,25). The Morgan fingerprint density at radius 3 is 2.39 bits per heavy atom. The van der Waals surface area contributed by atoms with Crippen molar-refractivity contribution in [3.63, 3.8) is 0 Å². The normalized spacial score (nSPS) is 10.6. The van der Waals surface area contributed by atoms with E-state index >= 15 is 0 Å². The lowest BCUT2D eigenvalue weighted by molar-refractivity contribution is 0.995. The molecule has 2 aromatic carbocycles. The molecule has 0 unspecified atom stereocenters. The molecule has 4 rings (SSSR count). The Kier molecular flexibility index (Phi) is 4.68. The summed E-state index contributed by atoms with van der Waals surface area (Å²) in [6, 6.07) is 21.1. The van der Waals surface area contributed by atoms with Crippen molar-refractivity contribution in [2.45, 2.75) is 13.8 Å². The number of aromatic amines is 1. The molecule has 2 heterocycles. The van der Waals surface area contributed by atoms with Gasteiger partial charge in [-0.3, -0.25) is 4.79 Å². The van der Waals surface area contributed by atoms with Gasteiger partial charge in [-0.1, -0.05) is 42.0 Å². The van der Waals surface area contributed by atoms with Gasteiger partial charge < -0.3 is 5.32 Å². The van der Waals surface area contributed by atoms with Gasteiger partial charge in [0.25, 0.3) is 5.56 Å². The first kappa shape index (κ1) is 17.6. The number of H-pyrrole nitrogens is 1. The Hall–Kier alpha value is -3.80. The van der Waals surface area contributed by atoms with Crippen LogP contribution >= 0.6 is 0 Å². The van der Waals surface area contributed by atoms with Crippen LogP contribution in [0.4, 0.5) is 11.5 Å². The Labute approximate surface area is 162 Å². The zero-order chi connectivity index (χ0) is 19.5. The van der Waals surface area contributed by atoms with Crippen molar-refractivity contribution in [2.75, 3.05) is 5.32 Å². The summed E-state index contributed by atoms with van der Waals surface area (Å²) in [6.45, 7) is 3.94. The van der Waals surface area contributed by atoms with E-state index in [0.29, 0.717) is 11.5 Å². The molecule has 6 heteroatoms. The molecule has 0 aliphatic carbocycles. The van der Waals surface area contributed by atoms with E-state index in [0.717, 1.165) is 28.3 Å². The summed E-state index contributed by atoms with van der Waals surface area (Å²) in [5, 5.41) is 9.88. The maximum Gasteiger partial charge on any atom is 0.264 e. The lowest BCUT2D eigenvalue weighted by Gasteiger charge is -2.10. The van der Waals surface area contributed by atoms with Crippen LogP contribution in [0.25, 0.3) is 22.5 Å². The van der Waals surface area contributed by atoms with Gasteiger partial charge in [0.15, 0.2) is 0 Å². The number of nitrogens with zero attached hydrogens (tertiary/aromatic N) is 3. The van der Waals surface area contributed by atoms with Crippen molar-refractivity contribution in [1.29, 1.82) is 0 Å². The second-order valence-electron chi connectivity index (χ2n) is 6.56. The summed E-state index contributed by atoms with van der Waals surface area (Å²) in [4.78, 5) is 20.3. The summed E-state index contributed by atoms with van der Waals surface area (Å²) < 4.78 is 0. The molecule has 0 radical (unpaired) electrons. The largest absolute Gasteiger partial charge is 0.340 e. The molecule has 2 aromatic heterocycles. The zero-order valence-electron chi connectivity index (χ0n) is 15.6. The average molecular weight is 369 g/mol. The highest BCUT2D eigenvalue weighted by Crippen LogP contribution is 2.25. The molecule has 0 amide bonds. The van der Waals surface area contributed by atoms with Crippen LogP contribution in [0, 0.1) is 13.8 Å². The van der Waals surface area contributed by atoms with Gasteiger partial charge in [-0.25, -0.2) is 15.1 Å². The van der Waals surface area contributed by atoms with Gasteiger partial charge in [0.1, 0.15) is 11.6 Å². The van der Waals surface area contributed by atoms with E-state index in [9.17, 15) is 4.79 Å². The van der Waals surface area contributed by atoms with Gasteiger partial charge in [0.2, 0.25) is 0 Å². The fourth-order valence-electron chi connectivity index (χ4n) is 2.91. The summed E-state index contributed by atoms with van der Waals surface area (Å²) in [5.41, 5.74) is 5.36. The summed E-state index contributed by atoms with van der Waals surface area (Å²) in [6.07, 6.45) is 0. The molecule has 6 nitrogen and oxygen atoms in total. The fraction of sp³-hybridized carbons (Fsp3) is 0.0909. The number of benzene rings is 2. The van der Waals surface area contributed by atoms with E-state index < -0.39 is 0 Å². The maximum absolute atomic E-state index is 11.2. The molecule has 28 heavy (non-hydrogen) atoms.